The molecule has 24 heavy (non-hydrogen) atoms. The summed E-state index contributed by atoms with van der Waals surface area (Å²) in [6.07, 6.45) is 0. The molecule has 1 saturated heterocycles. The number of guanidine groups is 1. The molecule has 0 spiro atoms. The van der Waals surface area contributed by atoms with Crippen LogP contribution in [0.3, 0.4) is 0 Å². The summed E-state index contributed by atoms with van der Waals surface area (Å²) in [6.45, 7) is 11.1. The van der Waals surface area contributed by atoms with E-state index in [2.05, 4.69) is 29.0 Å². The van der Waals surface area contributed by atoms with E-state index in [9.17, 15) is 4.79 Å². The minimum Gasteiger partial charge on any atom is -0.469 e. The number of nitrogens with zero attached hydrogens (tertiary/aromatic N) is 3. The van der Waals surface area contributed by atoms with Gasteiger partial charge >= 0.3 is 5.97 Å². The van der Waals surface area contributed by atoms with Crippen LogP contribution in [0.15, 0.2) is 4.99 Å². The van der Waals surface area contributed by atoms with Crippen LogP contribution in [0.25, 0.3) is 0 Å². The molecule has 136 valence electrons. The van der Waals surface area contributed by atoms with Gasteiger partial charge < -0.3 is 15.0 Å². The van der Waals surface area contributed by atoms with Crippen molar-refractivity contribution in [3.63, 3.8) is 0 Å². The van der Waals surface area contributed by atoms with Crippen molar-refractivity contribution >= 4 is 47.2 Å². The first kappa shape index (κ1) is 21.1. The van der Waals surface area contributed by atoms with Gasteiger partial charge in [-0.25, -0.2) is 9.98 Å². The van der Waals surface area contributed by atoms with E-state index in [-0.39, 0.29) is 41.8 Å². The number of hydrogen-bond acceptors (Lipinski definition) is 5. The highest BCUT2D eigenvalue weighted by atomic mass is 127. The minimum atomic E-state index is -0.134. The fraction of sp³-hybridized carbons (Fsp3) is 0.688. The molecule has 2 rings (SSSR count). The molecule has 0 aromatic carbocycles. The number of esters is 1. The topological polar surface area (TPSA) is 66.8 Å². The summed E-state index contributed by atoms with van der Waals surface area (Å²) >= 11 is 1.69. The number of methoxy groups -OCH3 is 1. The number of carbonyl (C=O) groups is 1. The normalized spacial score (nSPS) is 20.7. The van der Waals surface area contributed by atoms with E-state index in [0.717, 1.165) is 29.8 Å². The Morgan fingerprint density at radius 2 is 2.17 bits per heavy atom. The van der Waals surface area contributed by atoms with E-state index in [1.165, 1.54) is 12.0 Å². The van der Waals surface area contributed by atoms with Crippen LogP contribution >= 0.6 is 35.3 Å². The zero-order valence-corrected chi connectivity index (χ0v) is 18.1. The van der Waals surface area contributed by atoms with Crippen LogP contribution in [0.4, 0.5) is 0 Å². The monoisotopic (exact) mass is 466 g/mol. The summed E-state index contributed by atoms with van der Waals surface area (Å²) in [5.41, 5.74) is 1.05. The van der Waals surface area contributed by atoms with Crippen molar-refractivity contribution in [2.75, 3.05) is 26.7 Å². The van der Waals surface area contributed by atoms with Crippen LogP contribution in [-0.4, -0.2) is 48.6 Å². The minimum absolute atomic E-state index is 0. The lowest BCUT2D eigenvalue weighted by atomic mass is 9.99. The van der Waals surface area contributed by atoms with Gasteiger partial charge in [-0.2, -0.15) is 0 Å². The number of likely N-dealkylation sites (tertiary alicyclic amines) is 1. The van der Waals surface area contributed by atoms with Crippen molar-refractivity contribution in [1.82, 2.24) is 15.2 Å². The molecule has 0 amide bonds. The average molecular weight is 466 g/mol. The first-order chi connectivity index (χ1) is 11.0. The zero-order valence-electron chi connectivity index (χ0n) is 15.0. The first-order valence-corrected chi connectivity index (χ1v) is 8.81. The summed E-state index contributed by atoms with van der Waals surface area (Å²) in [5.74, 6) is 0.899. The maximum Gasteiger partial charge on any atom is 0.310 e. The molecule has 0 bridgehead atoms. The standard InChI is InChI=1S/C16H26N4O2S.HI/c1-6-17-16(18-7-14-11(3)19-12(4)23-14)20-8-10(2)13(9-20)15(21)22-5;/h10,13H,6-9H2,1-5H3,(H,17,18);1H. The summed E-state index contributed by atoms with van der Waals surface area (Å²) in [4.78, 5) is 24.4. The average Bonchev–Trinajstić information content (AvgIpc) is 3.05. The number of halogens is 1. The van der Waals surface area contributed by atoms with E-state index >= 15 is 0 Å². The van der Waals surface area contributed by atoms with Gasteiger partial charge in [0.15, 0.2) is 5.96 Å². The van der Waals surface area contributed by atoms with E-state index < -0.39 is 0 Å². The highest BCUT2D eigenvalue weighted by Gasteiger charge is 2.36. The van der Waals surface area contributed by atoms with E-state index in [4.69, 9.17) is 9.73 Å². The molecule has 0 saturated carbocycles. The lowest BCUT2D eigenvalue weighted by Crippen LogP contribution is -2.40. The van der Waals surface area contributed by atoms with Crippen LogP contribution in [0, 0.1) is 25.7 Å². The zero-order chi connectivity index (χ0) is 17.0. The number of rotatable bonds is 4. The van der Waals surface area contributed by atoms with Gasteiger partial charge in [-0.15, -0.1) is 35.3 Å². The molecule has 1 N–H and O–H groups in total. The summed E-state index contributed by atoms with van der Waals surface area (Å²) in [6, 6.07) is 0. The molecule has 8 heteroatoms. The number of hydrogen-bond donors (Lipinski definition) is 1. The molecule has 1 aliphatic heterocycles. The fourth-order valence-corrected chi connectivity index (χ4v) is 3.75. The molecular formula is C16H27IN4O2S. The number of aryl methyl sites for hydroxylation is 2. The number of carbonyl (C=O) groups excluding carboxylic acids is 1. The second kappa shape index (κ2) is 9.55. The molecule has 1 aliphatic rings. The Balaban J connectivity index is 0.00000288. The van der Waals surface area contributed by atoms with Crippen molar-refractivity contribution in [3.05, 3.63) is 15.6 Å². The summed E-state index contributed by atoms with van der Waals surface area (Å²) < 4.78 is 4.91. The Kier molecular flexibility index (Phi) is 8.41. The Hall–Kier alpha value is -0.900. The van der Waals surface area contributed by atoms with Gasteiger partial charge in [-0.3, -0.25) is 4.79 Å². The maximum absolute atomic E-state index is 11.9. The third-order valence-corrected chi connectivity index (χ3v) is 5.18. The number of thiazole rings is 1. The number of aliphatic imine (C=N–C) groups is 1. The largest absolute Gasteiger partial charge is 0.469 e. The molecule has 1 aromatic rings. The van der Waals surface area contributed by atoms with Crippen LogP contribution < -0.4 is 5.32 Å². The van der Waals surface area contributed by atoms with Gasteiger partial charge in [-0.05, 0) is 26.7 Å². The van der Waals surface area contributed by atoms with E-state index in [1.54, 1.807) is 11.3 Å². The van der Waals surface area contributed by atoms with Gasteiger partial charge in [0.1, 0.15) is 0 Å². The van der Waals surface area contributed by atoms with Gasteiger partial charge in [0.05, 0.1) is 30.3 Å². The fourth-order valence-electron chi connectivity index (χ4n) is 2.89. The number of aromatic nitrogens is 1. The van der Waals surface area contributed by atoms with Crippen molar-refractivity contribution in [1.29, 1.82) is 0 Å². The van der Waals surface area contributed by atoms with Crippen molar-refractivity contribution in [2.45, 2.75) is 34.2 Å². The smallest absolute Gasteiger partial charge is 0.310 e. The van der Waals surface area contributed by atoms with Gasteiger partial charge in [0.2, 0.25) is 0 Å². The van der Waals surface area contributed by atoms with Crippen molar-refractivity contribution < 1.29 is 9.53 Å². The molecule has 2 unspecified atom stereocenters. The molecule has 0 radical (unpaired) electrons. The van der Waals surface area contributed by atoms with Gasteiger partial charge in [-0.1, -0.05) is 6.92 Å². The lowest BCUT2D eigenvalue weighted by Gasteiger charge is -2.21. The van der Waals surface area contributed by atoms with E-state index in [0.29, 0.717) is 13.1 Å². The third-order valence-electron chi connectivity index (χ3n) is 4.12. The molecule has 2 heterocycles. The third kappa shape index (κ3) is 5.05. The maximum atomic E-state index is 11.9. The lowest BCUT2D eigenvalue weighted by molar-refractivity contribution is -0.145. The quantitative estimate of drug-likeness (QED) is 0.320. The highest BCUT2D eigenvalue weighted by molar-refractivity contribution is 14.0. The van der Waals surface area contributed by atoms with Gasteiger partial charge in [0.25, 0.3) is 0 Å². The Morgan fingerprint density at radius 3 is 2.71 bits per heavy atom. The molecule has 2 atom stereocenters. The highest BCUT2D eigenvalue weighted by Crippen LogP contribution is 2.24. The second-order valence-electron chi connectivity index (χ2n) is 5.92. The second-order valence-corrected chi connectivity index (χ2v) is 7.21. The van der Waals surface area contributed by atoms with E-state index in [1.807, 2.05) is 13.8 Å². The predicted octanol–water partition coefficient (Wildman–Crippen LogP) is 2.58. The Bertz CT molecular complexity index is 591. The SMILES string of the molecule is CCNC(=NCc1sc(C)nc1C)N1CC(C)C(C(=O)OC)C1.I. The molecular weight excluding hydrogens is 439 g/mol. The van der Waals surface area contributed by atoms with Crippen molar-refractivity contribution in [2.24, 2.45) is 16.8 Å². The predicted molar refractivity (Wildman–Crippen MR) is 108 cm³/mol. The molecule has 1 aromatic heterocycles. The van der Waals surface area contributed by atoms with Crippen molar-refractivity contribution in [3.8, 4) is 0 Å². The molecule has 1 fully saturated rings. The molecule has 0 aliphatic carbocycles. The summed E-state index contributed by atoms with van der Waals surface area (Å²) in [7, 11) is 1.45. The summed E-state index contributed by atoms with van der Waals surface area (Å²) in [5, 5.41) is 4.39. The number of nitrogens with one attached hydrogen (secondary N) is 1. The Labute approximate surface area is 165 Å². The van der Waals surface area contributed by atoms with Crippen LogP contribution in [-0.2, 0) is 16.1 Å². The van der Waals surface area contributed by atoms with Crippen LogP contribution in [0.1, 0.15) is 29.4 Å². The Morgan fingerprint density at radius 1 is 1.46 bits per heavy atom. The van der Waals surface area contributed by atoms with Crippen LogP contribution in [0.5, 0.6) is 0 Å². The van der Waals surface area contributed by atoms with Crippen LogP contribution in [0.2, 0.25) is 0 Å². The first-order valence-electron chi connectivity index (χ1n) is 8.00. The molecule has 6 nitrogen and oxygen atoms in total. The van der Waals surface area contributed by atoms with Gasteiger partial charge in [0, 0.05) is 24.5 Å². The number of ether oxygens (including phenoxy) is 1.